The maximum absolute atomic E-state index is 12.9. The summed E-state index contributed by atoms with van der Waals surface area (Å²) in [6.45, 7) is 4.78. The third-order valence-corrected chi connectivity index (χ3v) is 5.17. The quantitative estimate of drug-likeness (QED) is 0.373. The molecule has 0 aliphatic carbocycles. The van der Waals surface area contributed by atoms with Crippen LogP contribution in [0.25, 0.3) is 6.08 Å². The number of hydrogen-bond acceptors (Lipinski definition) is 3. The number of rotatable bonds is 8. The molecule has 0 atom stereocenters. The monoisotopic (exact) mass is 447 g/mol. The number of nitrogens with one attached hydrogen (secondary N) is 3. The van der Waals surface area contributed by atoms with Gasteiger partial charge in [-0.15, -0.1) is 0 Å². The standard InChI is InChI=1S/C26H26ClN3O2/c1-3-28-26(32)29-16-8-11-19-10-5-7-13-24(19)30-20-14-15-22(23(27)17-20)25(31)21-12-6-4-9-18(21)2/h4-15,17,30H,3,16H2,1-2H3,(H2,28,29,32)/b11-8+. The lowest BCUT2D eigenvalue weighted by molar-refractivity contribution is 0.103. The van der Waals surface area contributed by atoms with Crippen molar-refractivity contribution in [2.45, 2.75) is 13.8 Å². The summed E-state index contributed by atoms with van der Waals surface area (Å²) < 4.78 is 0. The number of benzene rings is 3. The van der Waals surface area contributed by atoms with Crippen molar-refractivity contribution in [3.05, 3.63) is 100 Å². The molecule has 32 heavy (non-hydrogen) atoms. The van der Waals surface area contributed by atoms with Gasteiger partial charge >= 0.3 is 6.03 Å². The van der Waals surface area contributed by atoms with Crippen molar-refractivity contribution in [2.75, 3.05) is 18.4 Å². The minimum absolute atomic E-state index is 0.0948. The van der Waals surface area contributed by atoms with Gasteiger partial charge in [0.1, 0.15) is 0 Å². The highest BCUT2D eigenvalue weighted by molar-refractivity contribution is 6.35. The molecule has 5 nitrogen and oxygen atoms in total. The molecule has 0 fully saturated rings. The Hall–Kier alpha value is -3.57. The average molecular weight is 448 g/mol. The first-order chi connectivity index (χ1) is 15.5. The van der Waals surface area contributed by atoms with Crippen molar-refractivity contribution in [3.8, 4) is 0 Å². The molecule has 0 heterocycles. The van der Waals surface area contributed by atoms with Gasteiger partial charge in [0, 0.05) is 35.6 Å². The Balaban J connectivity index is 1.73. The van der Waals surface area contributed by atoms with Gasteiger partial charge in [-0.25, -0.2) is 4.79 Å². The maximum atomic E-state index is 12.9. The second kappa shape index (κ2) is 11.2. The number of anilines is 2. The number of urea groups is 1. The molecule has 0 bridgehead atoms. The van der Waals surface area contributed by atoms with Crippen LogP contribution in [-0.2, 0) is 0 Å². The van der Waals surface area contributed by atoms with Crippen molar-refractivity contribution in [1.82, 2.24) is 10.6 Å². The third-order valence-electron chi connectivity index (χ3n) is 4.86. The summed E-state index contributed by atoms with van der Waals surface area (Å²) in [5.74, 6) is -0.0948. The molecule has 0 saturated heterocycles. The van der Waals surface area contributed by atoms with Gasteiger partial charge in [-0.05, 0) is 49.2 Å². The molecule has 0 aromatic heterocycles. The first kappa shape index (κ1) is 23.1. The third kappa shape index (κ3) is 5.99. The van der Waals surface area contributed by atoms with Crippen LogP contribution in [-0.4, -0.2) is 24.9 Å². The van der Waals surface area contributed by atoms with Gasteiger partial charge in [-0.3, -0.25) is 4.79 Å². The van der Waals surface area contributed by atoms with Crippen molar-refractivity contribution >= 4 is 40.9 Å². The molecule has 3 aromatic carbocycles. The predicted molar refractivity (Wildman–Crippen MR) is 132 cm³/mol. The van der Waals surface area contributed by atoms with Crippen LogP contribution in [0.4, 0.5) is 16.2 Å². The molecule has 0 saturated carbocycles. The van der Waals surface area contributed by atoms with Crippen molar-refractivity contribution < 1.29 is 9.59 Å². The van der Waals surface area contributed by atoms with E-state index < -0.39 is 0 Å². The number of hydrogen-bond donors (Lipinski definition) is 3. The molecule has 0 spiro atoms. The van der Waals surface area contributed by atoms with E-state index in [2.05, 4.69) is 16.0 Å². The molecule has 0 aliphatic rings. The fraction of sp³-hybridized carbons (Fsp3) is 0.154. The van der Waals surface area contributed by atoms with Crippen LogP contribution in [0.1, 0.15) is 34.0 Å². The van der Waals surface area contributed by atoms with Gasteiger partial charge in [-0.1, -0.05) is 66.2 Å². The van der Waals surface area contributed by atoms with Gasteiger partial charge in [0.05, 0.1) is 5.02 Å². The fourth-order valence-corrected chi connectivity index (χ4v) is 3.49. The largest absolute Gasteiger partial charge is 0.355 e. The van der Waals surface area contributed by atoms with Crippen molar-refractivity contribution in [2.24, 2.45) is 0 Å². The fourth-order valence-electron chi connectivity index (χ4n) is 3.22. The number of amides is 2. The number of aryl methyl sites for hydroxylation is 1. The van der Waals surface area contributed by atoms with Crippen LogP contribution in [0.5, 0.6) is 0 Å². The summed E-state index contributed by atoms with van der Waals surface area (Å²) >= 11 is 6.47. The highest BCUT2D eigenvalue weighted by atomic mass is 35.5. The van der Waals surface area contributed by atoms with Crippen LogP contribution in [0.15, 0.2) is 72.8 Å². The Labute approximate surface area is 193 Å². The highest BCUT2D eigenvalue weighted by Gasteiger charge is 2.15. The Morgan fingerprint density at radius 2 is 1.69 bits per heavy atom. The number of para-hydroxylation sites is 1. The van der Waals surface area contributed by atoms with E-state index in [9.17, 15) is 9.59 Å². The molecule has 3 rings (SSSR count). The zero-order valence-corrected chi connectivity index (χ0v) is 18.9. The lowest BCUT2D eigenvalue weighted by Crippen LogP contribution is -2.35. The Kier molecular flexibility index (Phi) is 8.06. The smallest absolute Gasteiger partial charge is 0.315 e. The number of carbonyl (C=O) groups excluding carboxylic acids is 2. The van der Waals surface area contributed by atoms with Gasteiger partial charge in [0.2, 0.25) is 0 Å². The highest BCUT2D eigenvalue weighted by Crippen LogP contribution is 2.28. The maximum Gasteiger partial charge on any atom is 0.315 e. The zero-order chi connectivity index (χ0) is 22.9. The van der Waals surface area contributed by atoms with Crippen LogP contribution >= 0.6 is 11.6 Å². The lowest BCUT2D eigenvalue weighted by Gasteiger charge is -2.12. The molecule has 0 aliphatic heterocycles. The molecule has 3 aromatic rings. The first-order valence-electron chi connectivity index (χ1n) is 10.4. The Morgan fingerprint density at radius 3 is 2.44 bits per heavy atom. The second-order valence-corrected chi connectivity index (χ2v) is 7.60. The molecular formula is C26H26ClN3O2. The van der Waals surface area contributed by atoms with E-state index in [1.807, 2.05) is 80.6 Å². The molecule has 2 amide bonds. The van der Waals surface area contributed by atoms with Crippen LogP contribution in [0, 0.1) is 6.92 Å². The van der Waals surface area contributed by atoms with E-state index in [-0.39, 0.29) is 11.8 Å². The van der Waals surface area contributed by atoms with Crippen molar-refractivity contribution in [1.29, 1.82) is 0 Å². The van der Waals surface area contributed by atoms with E-state index in [0.717, 1.165) is 22.5 Å². The zero-order valence-electron chi connectivity index (χ0n) is 18.1. The number of carbonyl (C=O) groups is 2. The minimum Gasteiger partial charge on any atom is -0.355 e. The molecule has 6 heteroatoms. The van der Waals surface area contributed by atoms with Crippen LogP contribution < -0.4 is 16.0 Å². The predicted octanol–water partition coefficient (Wildman–Crippen LogP) is 5.96. The first-order valence-corrected chi connectivity index (χ1v) is 10.8. The number of halogens is 1. The molecule has 0 unspecified atom stereocenters. The van der Waals surface area contributed by atoms with E-state index >= 15 is 0 Å². The number of ketones is 1. The summed E-state index contributed by atoms with van der Waals surface area (Å²) in [6.07, 6.45) is 3.82. The second-order valence-electron chi connectivity index (χ2n) is 7.19. The van der Waals surface area contributed by atoms with Crippen LogP contribution in [0.2, 0.25) is 5.02 Å². The van der Waals surface area contributed by atoms with Crippen molar-refractivity contribution in [3.63, 3.8) is 0 Å². The molecular weight excluding hydrogens is 422 g/mol. The van der Waals surface area contributed by atoms with Gasteiger partial charge in [0.15, 0.2) is 5.78 Å². The SMILES string of the molecule is CCNC(=O)NC/C=C/c1ccccc1Nc1ccc(C(=O)c2ccccc2C)c(Cl)c1. The average Bonchev–Trinajstić information content (AvgIpc) is 2.78. The van der Waals surface area contributed by atoms with E-state index in [0.29, 0.717) is 29.2 Å². The summed E-state index contributed by atoms with van der Waals surface area (Å²) in [5, 5.41) is 9.19. The summed E-state index contributed by atoms with van der Waals surface area (Å²) in [7, 11) is 0. The van der Waals surface area contributed by atoms with Gasteiger partial charge in [-0.2, -0.15) is 0 Å². The van der Waals surface area contributed by atoms with E-state index in [4.69, 9.17) is 11.6 Å². The summed E-state index contributed by atoms with van der Waals surface area (Å²) in [5.41, 5.74) is 4.65. The summed E-state index contributed by atoms with van der Waals surface area (Å²) in [6, 6.07) is 20.4. The van der Waals surface area contributed by atoms with E-state index in [1.165, 1.54) is 0 Å². The molecule has 3 N–H and O–H groups in total. The topological polar surface area (TPSA) is 70.2 Å². The summed E-state index contributed by atoms with van der Waals surface area (Å²) in [4.78, 5) is 24.4. The van der Waals surface area contributed by atoms with Crippen LogP contribution in [0.3, 0.4) is 0 Å². The van der Waals surface area contributed by atoms with E-state index in [1.54, 1.807) is 12.1 Å². The Bertz CT molecular complexity index is 1140. The molecule has 164 valence electrons. The van der Waals surface area contributed by atoms with Gasteiger partial charge in [0.25, 0.3) is 0 Å². The van der Waals surface area contributed by atoms with Gasteiger partial charge < -0.3 is 16.0 Å². The Morgan fingerprint density at radius 1 is 0.938 bits per heavy atom. The normalized spacial score (nSPS) is 10.7. The lowest BCUT2D eigenvalue weighted by atomic mass is 9.99. The minimum atomic E-state index is -0.196. The molecule has 0 radical (unpaired) electrons.